The van der Waals surface area contributed by atoms with Crippen molar-refractivity contribution < 1.29 is 14.6 Å². The van der Waals surface area contributed by atoms with Crippen LogP contribution in [0.3, 0.4) is 0 Å². The highest BCUT2D eigenvalue weighted by molar-refractivity contribution is 6.32. The first-order chi connectivity index (χ1) is 16.8. The molecule has 0 amide bonds. The molecule has 4 rings (SSSR count). The topological polar surface area (TPSA) is 83.5 Å². The minimum atomic E-state index is -0.532. The Bertz CT molecular complexity index is 1420. The molecule has 0 saturated heterocycles. The van der Waals surface area contributed by atoms with Crippen LogP contribution in [0.1, 0.15) is 19.8 Å². The first kappa shape index (κ1) is 24.5. The molecule has 2 N–H and O–H groups in total. The second-order valence-electron chi connectivity index (χ2n) is 8.24. The lowest BCUT2D eigenvalue weighted by Crippen LogP contribution is -2.26. The van der Waals surface area contributed by atoms with Crippen molar-refractivity contribution in [3.63, 3.8) is 0 Å². The molecular weight excluding hydrogens is 471 g/mol. The molecule has 0 bridgehead atoms. The van der Waals surface area contributed by atoms with Gasteiger partial charge in [-0.2, -0.15) is 0 Å². The van der Waals surface area contributed by atoms with E-state index in [2.05, 4.69) is 11.9 Å². The molecule has 0 atom stereocenters. The molecule has 182 valence electrons. The van der Waals surface area contributed by atoms with Crippen molar-refractivity contribution in [2.24, 2.45) is 7.05 Å². The van der Waals surface area contributed by atoms with Crippen molar-refractivity contribution in [2.45, 2.75) is 19.8 Å². The van der Waals surface area contributed by atoms with E-state index in [4.69, 9.17) is 11.6 Å². The van der Waals surface area contributed by atoms with Crippen LogP contribution in [0.4, 0.5) is 10.2 Å². The van der Waals surface area contributed by atoms with E-state index in [0.717, 1.165) is 12.8 Å². The summed E-state index contributed by atoms with van der Waals surface area (Å²) >= 11 is 6.48. The Morgan fingerprint density at radius 1 is 1.09 bits per heavy atom. The maximum absolute atomic E-state index is 14.7. The normalized spacial score (nSPS) is 11.1. The number of anilines is 1. The highest BCUT2D eigenvalue weighted by Gasteiger charge is 2.17. The molecule has 2 heterocycles. The zero-order valence-electron chi connectivity index (χ0n) is 19.4. The van der Waals surface area contributed by atoms with Crippen molar-refractivity contribution >= 4 is 17.4 Å². The summed E-state index contributed by atoms with van der Waals surface area (Å²) < 4.78 is 17.6. The number of pyridine rings is 1. The highest BCUT2D eigenvalue weighted by Crippen LogP contribution is 2.40. The van der Waals surface area contributed by atoms with E-state index < -0.39 is 5.82 Å². The Kier molecular flexibility index (Phi) is 7.23. The molecule has 2 aromatic carbocycles. The average Bonchev–Trinajstić information content (AvgIpc) is 3.18. The molecule has 0 spiro atoms. The molecule has 0 saturated carbocycles. The Labute approximate surface area is 207 Å². The number of rotatable bonds is 8. The van der Waals surface area contributed by atoms with Crippen molar-refractivity contribution in [3.05, 3.63) is 82.4 Å². The van der Waals surface area contributed by atoms with Gasteiger partial charge in [0.2, 0.25) is 0 Å². The fourth-order valence-corrected chi connectivity index (χ4v) is 4.19. The van der Waals surface area contributed by atoms with E-state index >= 15 is 0 Å². The van der Waals surface area contributed by atoms with E-state index in [1.54, 1.807) is 60.9 Å². The van der Waals surface area contributed by atoms with Gasteiger partial charge in [0, 0.05) is 43.3 Å². The lowest BCUT2D eigenvalue weighted by Gasteiger charge is -2.21. The standard InChI is InChI=1S/C26H26ClFN4O3/c1-3-4-9-31(16-33)24-13-18(7-8-29-24)21-15-19(28)14-20(25(21)34)17-5-6-23(22(27)12-17)32-11-10-30(2)26(32)35/h5-8,10-15,33-34H,3-4,9,16H2,1-2H3. The molecule has 7 nitrogen and oxygen atoms in total. The predicted octanol–water partition coefficient (Wildman–Crippen LogP) is 4.96. The largest absolute Gasteiger partial charge is 0.507 e. The summed E-state index contributed by atoms with van der Waals surface area (Å²) in [5.41, 5.74) is 1.83. The number of aliphatic hydroxyl groups is 1. The van der Waals surface area contributed by atoms with Gasteiger partial charge in [-0.05, 0) is 53.9 Å². The zero-order chi connectivity index (χ0) is 25.1. The highest BCUT2D eigenvalue weighted by atomic mass is 35.5. The van der Waals surface area contributed by atoms with Gasteiger partial charge in [-0.15, -0.1) is 0 Å². The summed E-state index contributed by atoms with van der Waals surface area (Å²) in [6.45, 7) is 2.48. The van der Waals surface area contributed by atoms with Gasteiger partial charge in [-0.1, -0.05) is 31.0 Å². The number of aryl methyl sites for hydroxylation is 1. The van der Waals surface area contributed by atoms with Crippen LogP contribution in [0.2, 0.25) is 5.02 Å². The quantitative estimate of drug-likeness (QED) is 0.337. The smallest absolute Gasteiger partial charge is 0.332 e. The molecule has 35 heavy (non-hydrogen) atoms. The van der Waals surface area contributed by atoms with E-state index in [1.165, 1.54) is 21.3 Å². The molecular formula is C26H26ClFN4O3. The van der Waals surface area contributed by atoms with Crippen LogP contribution < -0.4 is 10.6 Å². The maximum atomic E-state index is 14.7. The minimum Gasteiger partial charge on any atom is -0.507 e. The van der Waals surface area contributed by atoms with Gasteiger partial charge in [0.1, 0.15) is 24.1 Å². The summed E-state index contributed by atoms with van der Waals surface area (Å²) in [5, 5.41) is 21.2. The average molecular weight is 497 g/mol. The van der Waals surface area contributed by atoms with E-state index in [-0.39, 0.29) is 34.3 Å². The zero-order valence-corrected chi connectivity index (χ0v) is 20.2. The van der Waals surface area contributed by atoms with Crippen molar-refractivity contribution in [3.8, 4) is 33.7 Å². The second-order valence-corrected chi connectivity index (χ2v) is 8.65. The summed E-state index contributed by atoms with van der Waals surface area (Å²) in [4.78, 5) is 18.3. The molecule has 0 fully saturated rings. The number of aromatic nitrogens is 3. The number of unbranched alkanes of at least 4 members (excludes halogenated alkanes) is 1. The third-order valence-corrected chi connectivity index (χ3v) is 6.18. The summed E-state index contributed by atoms with van der Waals surface area (Å²) in [5.74, 6) is -0.117. The molecule has 0 aliphatic carbocycles. The van der Waals surface area contributed by atoms with E-state index in [0.29, 0.717) is 29.2 Å². The predicted molar refractivity (Wildman–Crippen MR) is 136 cm³/mol. The van der Waals surface area contributed by atoms with Crippen LogP contribution in [-0.2, 0) is 7.05 Å². The third-order valence-electron chi connectivity index (χ3n) is 5.87. The number of aromatic hydroxyl groups is 1. The lowest BCUT2D eigenvalue weighted by atomic mass is 9.97. The number of phenolic OH excluding ortho intramolecular Hbond substituents is 1. The van der Waals surface area contributed by atoms with Crippen LogP contribution in [0.25, 0.3) is 27.9 Å². The first-order valence-electron chi connectivity index (χ1n) is 11.2. The third kappa shape index (κ3) is 4.94. The van der Waals surface area contributed by atoms with Gasteiger partial charge >= 0.3 is 5.69 Å². The maximum Gasteiger partial charge on any atom is 0.332 e. The van der Waals surface area contributed by atoms with Gasteiger partial charge in [-0.25, -0.2) is 14.2 Å². The molecule has 0 unspecified atom stereocenters. The summed E-state index contributed by atoms with van der Waals surface area (Å²) in [6.07, 6.45) is 6.64. The van der Waals surface area contributed by atoms with E-state index in [9.17, 15) is 19.4 Å². The Morgan fingerprint density at radius 2 is 1.80 bits per heavy atom. The van der Waals surface area contributed by atoms with Crippen LogP contribution in [0.15, 0.2) is 65.8 Å². The Hall–Kier alpha value is -3.62. The molecule has 9 heteroatoms. The SMILES string of the molecule is CCCCN(CO)c1cc(-c2cc(F)cc(-c3ccc(-n4ccn(C)c4=O)c(Cl)c3)c2O)ccn1. The lowest BCUT2D eigenvalue weighted by molar-refractivity contribution is 0.289. The number of hydrogen-bond donors (Lipinski definition) is 2. The van der Waals surface area contributed by atoms with Crippen LogP contribution in [0.5, 0.6) is 5.75 Å². The molecule has 4 aromatic rings. The number of phenols is 1. The fraction of sp³-hybridized carbons (Fsp3) is 0.231. The van der Waals surface area contributed by atoms with Crippen molar-refractivity contribution in [2.75, 3.05) is 18.2 Å². The number of benzene rings is 2. The Balaban J connectivity index is 1.75. The van der Waals surface area contributed by atoms with Crippen molar-refractivity contribution in [1.82, 2.24) is 14.1 Å². The number of nitrogens with zero attached hydrogens (tertiary/aromatic N) is 4. The van der Waals surface area contributed by atoms with Gasteiger partial charge in [0.15, 0.2) is 0 Å². The van der Waals surface area contributed by atoms with Gasteiger partial charge in [-0.3, -0.25) is 4.57 Å². The minimum absolute atomic E-state index is 0.117. The second kappa shape index (κ2) is 10.3. The number of aliphatic hydroxyl groups excluding tert-OH is 1. The molecule has 0 aliphatic heterocycles. The molecule has 0 radical (unpaired) electrons. The number of hydrogen-bond acceptors (Lipinski definition) is 5. The van der Waals surface area contributed by atoms with Gasteiger partial charge in [0.25, 0.3) is 0 Å². The van der Waals surface area contributed by atoms with Gasteiger partial charge < -0.3 is 19.7 Å². The summed E-state index contributed by atoms with van der Waals surface area (Å²) in [6, 6.07) is 10.8. The Morgan fingerprint density at radius 3 is 2.40 bits per heavy atom. The van der Waals surface area contributed by atoms with Crippen LogP contribution >= 0.6 is 11.6 Å². The fourth-order valence-electron chi connectivity index (χ4n) is 3.92. The summed E-state index contributed by atoms with van der Waals surface area (Å²) in [7, 11) is 1.64. The molecule has 2 aromatic heterocycles. The van der Waals surface area contributed by atoms with Crippen LogP contribution in [-0.4, -0.2) is 37.6 Å². The van der Waals surface area contributed by atoms with Crippen molar-refractivity contribution in [1.29, 1.82) is 0 Å². The van der Waals surface area contributed by atoms with Crippen LogP contribution in [0, 0.1) is 5.82 Å². The number of halogens is 2. The monoisotopic (exact) mass is 496 g/mol. The first-order valence-corrected chi connectivity index (χ1v) is 11.6. The van der Waals surface area contributed by atoms with E-state index in [1.807, 2.05) is 0 Å². The number of imidazole rings is 1. The molecule has 0 aliphatic rings. The van der Waals surface area contributed by atoms with Gasteiger partial charge in [0.05, 0.1) is 10.7 Å².